The number of aryl methyl sites for hydroxylation is 2. The van der Waals surface area contributed by atoms with Crippen molar-refractivity contribution >= 4 is 0 Å². The van der Waals surface area contributed by atoms with Crippen LogP contribution in [-0.4, -0.2) is 0 Å². The van der Waals surface area contributed by atoms with Crippen LogP contribution >= 0.6 is 0 Å². The van der Waals surface area contributed by atoms with Crippen LogP contribution in [0.2, 0.25) is 0 Å². The standard InChI is InChI=1S/C15H26N2/c1-11-6-7-13(12(2)10-11)14(17-16)8-9-15(3,4)5/h6-7,10,14,17H,8-9,16H2,1-5H3. The quantitative estimate of drug-likeness (QED) is 0.616. The third-order valence-electron chi connectivity index (χ3n) is 3.18. The normalized spacial score (nSPS) is 13.8. The Kier molecular flexibility index (Phi) is 4.72. The molecule has 3 N–H and O–H groups in total. The highest BCUT2D eigenvalue weighted by molar-refractivity contribution is 5.32. The highest BCUT2D eigenvalue weighted by Gasteiger charge is 2.17. The van der Waals surface area contributed by atoms with Crippen molar-refractivity contribution in [3.8, 4) is 0 Å². The molecule has 1 aromatic rings. The first kappa shape index (κ1) is 14.2. The van der Waals surface area contributed by atoms with E-state index in [1.54, 1.807) is 0 Å². The van der Waals surface area contributed by atoms with Crippen molar-refractivity contribution in [1.82, 2.24) is 5.43 Å². The van der Waals surface area contributed by atoms with Crippen LogP contribution in [0.3, 0.4) is 0 Å². The molecule has 0 aliphatic rings. The van der Waals surface area contributed by atoms with Gasteiger partial charge in [-0.05, 0) is 43.2 Å². The molecule has 2 nitrogen and oxygen atoms in total. The van der Waals surface area contributed by atoms with Crippen LogP contribution in [0.5, 0.6) is 0 Å². The minimum absolute atomic E-state index is 0.259. The number of nitrogens with two attached hydrogens (primary N) is 1. The number of hydrogen-bond acceptors (Lipinski definition) is 2. The van der Waals surface area contributed by atoms with Crippen LogP contribution in [0, 0.1) is 19.3 Å². The third kappa shape index (κ3) is 4.49. The fourth-order valence-electron chi connectivity index (χ4n) is 2.12. The lowest BCUT2D eigenvalue weighted by Crippen LogP contribution is -2.29. The van der Waals surface area contributed by atoms with E-state index in [1.807, 2.05) is 0 Å². The fraction of sp³-hybridized carbons (Fsp3) is 0.600. The Morgan fingerprint density at radius 1 is 1.24 bits per heavy atom. The highest BCUT2D eigenvalue weighted by atomic mass is 15.2. The van der Waals surface area contributed by atoms with Crippen LogP contribution in [0.4, 0.5) is 0 Å². The molecule has 1 atom stereocenters. The summed E-state index contributed by atoms with van der Waals surface area (Å²) in [6.07, 6.45) is 2.24. The predicted octanol–water partition coefficient (Wildman–Crippen LogP) is 3.63. The SMILES string of the molecule is Cc1ccc(C(CCC(C)(C)C)NN)c(C)c1. The maximum Gasteiger partial charge on any atom is 0.0462 e. The van der Waals surface area contributed by atoms with Gasteiger partial charge in [0.1, 0.15) is 0 Å². The van der Waals surface area contributed by atoms with Crippen LogP contribution in [-0.2, 0) is 0 Å². The van der Waals surface area contributed by atoms with Gasteiger partial charge in [-0.1, -0.05) is 44.5 Å². The number of nitrogens with one attached hydrogen (secondary N) is 1. The average molecular weight is 234 g/mol. The second-order valence-corrected chi connectivity index (χ2v) is 6.18. The molecule has 0 spiro atoms. The van der Waals surface area contributed by atoms with E-state index in [4.69, 9.17) is 5.84 Å². The fourth-order valence-corrected chi connectivity index (χ4v) is 2.12. The molecule has 0 bridgehead atoms. The first-order valence-corrected chi connectivity index (χ1v) is 6.37. The van der Waals surface area contributed by atoms with E-state index in [2.05, 4.69) is 58.2 Å². The second-order valence-electron chi connectivity index (χ2n) is 6.18. The Balaban J connectivity index is 2.79. The minimum Gasteiger partial charge on any atom is -0.271 e. The van der Waals surface area contributed by atoms with Crippen molar-refractivity contribution in [2.45, 2.75) is 53.5 Å². The van der Waals surface area contributed by atoms with Gasteiger partial charge in [0.15, 0.2) is 0 Å². The lowest BCUT2D eigenvalue weighted by molar-refractivity contribution is 0.333. The molecule has 1 rings (SSSR count). The third-order valence-corrected chi connectivity index (χ3v) is 3.18. The van der Waals surface area contributed by atoms with E-state index in [1.165, 1.54) is 16.7 Å². The van der Waals surface area contributed by atoms with Gasteiger partial charge in [-0.3, -0.25) is 11.3 Å². The van der Waals surface area contributed by atoms with Gasteiger partial charge in [-0.2, -0.15) is 0 Å². The van der Waals surface area contributed by atoms with Crippen molar-refractivity contribution < 1.29 is 0 Å². The van der Waals surface area contributed by atoms with Crippen molar-refractivity contribution in [1.29, 1.82) is 0 Å². The number of rotatable bonds is 4. The lowest BCUT2D eigenvalue weighted by atomic mass is 9.86. The van der Waals surface area contributed by atoms with E-state index in [0.717, 1.165) is 12.8 Å². The number of benzene rings is 1. The minimum atomic E-state index is 0.259. The van der Waals surface area contributed by atoms with E-state index < -0.39 is 0 Å². The van der Waals surface area contributed by atoms with Gasteiger partial charge >= 0.3 is 0 Å². The molecule has 0 heterocycles. The topological polar surface area (TPSA) is 38.0 Å². The summed E-state index contributed by atoms with van der Waals surface area (Å²) in [5.74, 6) is 5.69. The molecule has 0 amide bonds. The highest BCUT2D eigenvalue weighted by Crippen LogP contribution is 2.28. The summed E-state index contributed by atoms with van der Waals surface area (Å²) in [5, 5.41) is 0. The summed E-state index contributed by atoms with van der Waals surface area (Å²) in [6, 6.07) is 6.83. The summed E-state index contributed by atoms with van der Waals surface area (Å²) in [4.78, 5) is 0. The van der Waals surface area contributed by atoms with Crippen molar-refractivity contribution in [2.24, 2.45) is 11.3 Å². The molecule has 1 unspecified atom stereocenters. The zero-order valence-corrected chi connectivity index (χ0v) is 11.8. The van der Waals surface area contributed by atoms with Crippen LogP contribution < -0.4 is 11.3 Å². The summed E-state index contributed by atoms with van der Waals surface area (Å²) in [6.45, 7) is 11.1. The second kappa shape index (κ2) is 5.65. The molecule has 1 aromatic carbocycles. The molecule has 96 valence electrons. The maximum absolute atomic E-state index is 5.69. The summed E-state index contributed by atoms with van der Waals surface area (Å²) in [5.41, 5.74) is 7.25. The van der Waals surface area contributed by atoms with Crippen molar-refractivity contribution in [3.63, 3.8) is 0 Å². The van der Waals surface area contributed by atoms with E-state index in [9.17, 15) is 0 Å². The van der Waals surface area contributed by atoms with Gasteiger partial charge in [-0.15, -0.1) is 0 Å². The zero-order chi connectivity index (χ0) is 13.1. The number of hydrazine groups is 1. The van der Waals surface area contributed by atoms with Gasteiger partial charge in [0, 0.05) is 6.04 Å². The van der Waals surface area contributed by atoms with Gasteiger partial charge < -0.3 is 0 Å². The largest absolute Gasteiger partial charge is 0.271 e. The first-order chi connectivity index (χ1) is 7.83. The summed E-state index contributed by atoms with van der Waals surface area (Å²) < 4.78 is 0. The molecule has 0 aromatic heterocycles. The molecule has 0 radical (unpaired) electrons. The molecule has 0 saturated heterocycles. The number of hydrogen-bond donors (Lipinski definition) is 2. The molecule has 0 saturated carbocycles. The summed E-state index contributed by atoms with van der Waals surface area (Å²) in [7, 11) is 0. The Morgan fingerprint density at radius 3 is 2.35 bits per heavy atom. The molecule has 17 heavy (non-hydrogen) atoms. The van der Waals surface area contributed by atoms with Crippen LogP contribution in [0.25, 0.3) is 0 Å². The Morgan fingerprint density at radius 2 is 1.88 bits per heavy atom. The van der Waals surface area contributed by atoms with Crippen molar-refractivity contribution in [2.75, 3.05) is 0 Å². The molecular formula is C15H26N2. The Labute approximate surface area is 106 Å². The first-order valence-electron chi connectivity index (χ1n) is 6.37. The van der Waals surface area contributed by atoms with Gasteiger partial charge in [-0.25, -0.2) is 0 Å². The molecule has 0 fully saturated rings. The molecule has 0 aliphatic heterocycles. The predicted molar refractivity (Wildman–Crippen MR) is 74.7 cm³/mol. The van der Waals surface area contributed by atoms with E-state index in [0.29, 0.717) is 5.41 Å². The summed E-state index contributed by atoms with van der Waals surface area (Å²) >= 11 is 0. The van der Waals surface area contributed by atoms with Gasteiger partial charge in [0.05, 0.1) is 0 Å². The van der Waals surface area contributed by atoms with Gasteiger partial charge in [0.25, 0.3) is 0 Å². The van der Waals surface area contributed by atoms with E-state index >= 15 is 0 Å². The lowest BCUT2D eigenvalue weighted by Gasteiger charge is -2.24. The molecule has 2 heteroatoms. The smallest absolute Gasteiger partial charge is 0.0462 e. The molecule has 0 aliphatic carbocycles. The maximum atomic E-state index is 5.69. The monoisotopic (exact) mass is 234 g/mol. The Bertz CT molecular complexity index is 364. The zero-order valence-electron chi connectivity index (χ0n) is 11.8. The van der Waals surface area contributed by atoms with Gasteiger partial charge in [0.2, 0.25) is 0 Å². The van der Waals surface area contributed by atoms with Crippen molar-refractivity contribution in [3.05, 3.63) is 34.9 Å². The Hall–Kier alpha value is -0.860. The average Bonchev–Trinajstić information content (AvgIpc) is 2.19. The van der Waals surface area contributed by atoms with Crippen LogP contribution in [0.15, 0.2) is 18.2 Å². The van der Waals surface area contributed by atoms with E-state index in [-0.39, 0.29) is 6.04 Å². The van der Waals surface area contributed by atoms with Crippen LogP contribution in [0.1, 0.15) is 56.3 Å². The molecular weight excluding hydrogens is 208 g/mol.